The van der Waals surface area contributed by atoms with E-state index in [1.807, 2.05) is 24.3 Å². The molecular weight excluding hydrogens is 311 g/mol. The van der Waals surface area contributed by atoms with E-state index in [1.54, 1.807) is 13.2 Å². The molecule has 0 atom stereocenters. The van der Waals surface area contributed by atoms with Gasteiger partial charge in [-0.15, -0.1) is 11.3 Å². The minimum absolute atomic E-state index is 0.235. The second-order valence-electron chi connectivity index (χ2n) is 6.18. The molecule has 0 radical (unpaired) electrons. The second-order valence-corrected chi connectivity index (χ2v) is 7.23. The number of hydrogen-bond donors (Lipinski definition) is 0. The Morgan fingerprint density at radius 1 is 1.13 bits per heavy atom. The van der Waals surface area contributed by atoms with Gasteiger partial charge in [0.05, 0.1) is 18.4 Å². The highest BCUT2D eigenvalue weighted by Crippen LogP contribution is 2.40. The summed E-state index contributed by atoms with van der Waals surface area (Å²) >= 11 is 1.46. The average molecular weight is 330 g/mol. The first kappa shape index (κ1) is 14.8. The number of fused-ring (bicyclic) bond motifs is 3. The van der Waals surface area contributed by atoms with Crippen molar-refractivity contribution in [3.05, 3.63) is 36.1 Å². The number of rotatable bonds is 4. The summed E-state index contributed by atoms with van der Waals surface area (Å²) < 4.78 is 27.5. The molecule has 0 unspecified atom stereocenters. The van der Waals surface area contributed by atoms with E-state index in [0.717, 1.165) is 21.2 Å². The molecule has 1 aliphatic carbocycles. The maximum Gasteiger partial charge on any atom is 0.182 e. The minimum atomic E-state index is -0.235. The number of benzene rings is 2. The third-order valence-corrected chi connectivity index (χ3v) is 5.86. The van der Waals surface area contributed by atoms with Crippen molar-refractivity contribution in [1.82, 2.24) is 0 Å². The molecule has 0 saturated heterocycles. The van der Waals surface area contributed by atoms with Crippen LogP contribution in [0.2, 0.25) is 0 Å². The van der Waals surface area contributed by atoms with E-state index in [2.05, 4.69) is 0 Å². The average Bonchev–Trinajstić information content (AvgIpc) is 3.21. The lowest BCUT2D eigenvalue weighted by Gasteiger charge is -2.12. The summed E-state index contributed by atoms with van der Waals surface area (Å²) in [5, 5.41) is 2.01. The maximum absolute atomic E-state index is 14.8. The van der Waals surface area contributed by atoms with Crippen molar-refractivity contribution in [2.24, 2.45) is 5.92 Å². The van der Waals surface area contributed by atoms with Crippen LogP contribution in [-0.4, -0.2) is 13.7 Å². The van der Waals surface area contributed by atoms with Crippen molar-refractivity contribution in [3.63, 3.8) is 0 Å². The third kappa shape index (κ3) is 2.65. The maximum atomic E-state index is 14.8. The van der Waals surface area contributed by atoms with Crippen LogP contribution in [0.3, 0.4) is 0 Å². The van der Waals surface area contributed by atoms with Crippen LogP contribution in [-0.2, 0) is 0 Å². The number of thiophene rings is 1. The monoisotopic (exact) mass is 330 g/mol. The van der Waals surface area contributed by atoms with Gasteiger partial charge in [-0.3, -0.25) is 0 Å². The van der Waals surface area contributed by atoms with Gasteiger partial charge in [-0.1, -0.05) is 12.8 Å². The topological polar surface area (TPSA) is 18.5 Å². The molecule has 120 valence electrons. The lowest BCUT2D eigenvalue weighted by Crippen LogP contribution is -2.08. The molecule has 1 heterocycles. The predicted molar refractivity (Wildman–Crippen MR) is 93.3 cm³/mol. The Hall–Kier alpha value is -1.81. The van der Waals surface area contributed by atoms with Crippen molar-refractivity contribution in [2.45, 2.75) is 25.7 Å². The summed E-state index contributed by atoms with van der Waals surface area (Å²) in [6, 6.07) is 9.59. The molecule has 4 heteroatoms. The molecule has 0 aliphatic heterocycles. The fourth-order valence-corrected chi connectivity index (χ4v) is 4.55. The second kappa shape index (κ2) is 6.00. The molecule has 0 bridgehead atoms. The molecular formula is C19H19FO2S. The van der Waals surface area contributed by atoms with E-state index in [4.69, 9.17) is 9.47 Å². The predicted octanol–water partition coefficient (Wildman–Crippen LogP) is 5.77. The zero-order chi connectivity index (χ0) is 15.8. The lowest BCUT2D eigenvalue weighted by atomic mass is 10.1. The van der Waals surface area contributed by atoms with Crippen LogP contribution in [0, 0.1) is 11.7 Å². The highest BCUT2D eigenvalue weighted by atomic mass is 32.1. The van der Waals surface area contributed by atoms with Gasteiger partial charge in [-0.05, 0) is 49.1 Å². The quantitative estimate of drug-likeness (QED) is 0.604. The van der Waals surface area contributed by atoms with Gasteiger partial charge in [-0.2, -0.15) is 0 Å². The molecule has 1 saturated carbocycles. The van der Waals surface area contributed by atoms with Crippen molar-refractivity contribution < 1.29 is 13.9 Å². The molecule has 2 aromatic carbocycles. The summed E-state index contributed by atoms with van der Waals surface area (Å²) in [5.41, 5.74) is 0. The molecule has 2 nitrogen and oxygen atoms in total. The van der Waals surface area contributed by atoms with Gasteiger partial charge in [0.2, 0.25) is 0 Å². The Kier molecular flexibility index (Phi) is 3.85. The molecule has 0 N–H and O–H groups in total. The van der Waals surface area contributed by atoms with Crippen LogP contribution in [0.4, 0.5) is 4.39 Å². The Bertz CT molecular complexity index is 849. The van der Waals surface area contributed by atoms with Crippen LogP contribution < -0.4 is 9.47 Å². The summed E-state index contributed by atoms with van der Waals surface area (Å²) in [5.74, 6) is 1.52. The lowest BCUT2D eigenvalue weighted by molar-refractivity contribution is 0.243. The molecule has 0 amide bonds. The Labute approximate surface area is 138 Å². The van der Waals surface area contributed by atoms with E-state index in [9.17, 15) is 4.39 Å². The van der Waals surface area contributed by atoms with E-state index in [-0.39, 0.29) is 5.82 Å². The first-order valence-electron chi connectivity index (χ1n) is 8.08. The number of hydrogen-bond acceptors (Lipinski definition) is 3. The first-order valence-corrected chi connectivity index (χ1v) is 8.89. The van der Waals surface area contributed by atoms with Gasteiger partial charge in [0, 0.05) is 15.5 Å². The molecule has 23 heavy (non-hydrogen) atoms. The SMILES string of the molecule is COc1ccc2c(c1)sc1c(F)c(OCC3CCCC3)ccc12. The van der Waals surface area contributed by atoms with Gasteiger partial charge >= 0.3 is 0 Å². The van der Waals surface area contributed by atoms with Crippen molar-refractivity contribution >= 4 is 31.5 Å². The molecule has 1 fully saturated rings. The number of halogens is 1. The van der Waals surface area contributed by atoms with E-state index < -0.39 is 0 Å². The van der Waals surface area contributed by atoms with Crippen molar-refractivity contribution in [2.75, 3.05) is 13.7 Å². The van der Waals surface area contributed by atoms with Crippen LogP contribution in [0.1, 0.15) is 25.7 Å². The van der Waals surface area contributed by atoms with Crippen LogP contribution >= 0.6 is 11.3 Å². The molecule has 3 aromatic rings. The number of ether oxygens (including phenoxy) is 2. The summed E-state index contributed by atoms with van der Waals surface area (Å²) in [6.07, 6.45) is 4.94. The van der Waals surface area contributed by atoms with Gasteiger partial charge < -0.3 is 9.47 Å². The first-order chi connectivity index (χ1) is 11.3. The van der Waals surface area contributed by atoms with E-state index >= 15 is 0 Å². The van der Waals surface area contributed by atoms with Crippen LogP contribution in [0.15, 0.2) is 30.3 Å². The summed E-state index contributed by atoms with van der Waals surface area (Å²) in [7, 11) is 1.64. The highest BCUT2D eigenvalue weighted by molar-refractivity contribution is 7.25. The van der Waals surface area contributed by atoms with E-state index in [1.165, 1.54) is 37.0 Å². The number of methoxy groups -OCH3 is 1. The van der Waals surface area contributed by atoms with Gasteiger partial charge in [0.15, 0.2) is 11.6 Å². The van der Waals surface area contributed by atoms with Gasteiger partial charge in [-0.25, -0.2) is 4.39 Å². The Morgan fingerprint density at radius 3 is 2.70 bits per heavy atom. The molecule has 1 aliphatic rings. The van der Waals surface area contributed by atoms with E-state index in [0.29, 0.717) is 23.0 Å². The van der Waals surface area contributed by atoms with Gasteiger partial charge in [0.1, 0.15) is 5.75 Å². The zero-order valence-corrected chi connectivity index (χ0v) is 13.9. The third-order valence-electron chi connectivity index (χ3n) is 4.70. The molecule has 1 aromatic heterocycles. The molecule has 0 spiro atoms. The van der Waals surface area contributed by atoms with Crippen molar-refractivity contribution in [3.8, 4) is 11.5 Å². The largest absolute Gasteiger partial charge is 0.497 e. The summed E-state index contributed by atoms with van der Waals surface area (Å²) in [4.78, 5) is 0. The smallest absolute Gasteiger partial charge is 0.182 e. The fraction of sp³-hybridized carbons (Fsp3) is 0.368. The Morgan fingerprint density at radius 2 is 1.91 bits per heavy atom. The Balaban J connectivity index is 1.70. The summed E-state index contributed by atoms with van der Waals surface area (Å²) in [6.45, 7) is 0.626. The molecule has 4 rings (SSSR count). The van der Waals surface area contributed by atoms with Crippen LogP contribution in [0.25, 0.3) is 20.2 Å². The minimum Gasteiger partial charge on any atom is -0.497 e. The highest BCUT2D eigenvalue weighted by Gasteiger charge is 2.18. The van der Waals surface area contributed by atoms with Crippen molar-refractivity contribution in [1.29, 1.82) is 0 Å². The standard InChI is InChI=1S/C19H19FO2S/c1-21-13-6-7-14-15-8-9-16(22-11-12-4-2-3-5-12)18(20)19(15)23-17(14)10-13/h6-10,12H,2-5,11H2,1H3. The normalized spacial score (nSPS) is 15.6. The zero-order valence-electron chi connectivity index (χ0n) is 13.1. The fourth-order valence-electron chi connectivity index (χ4n) is 3.39. The van der Waals surface area contributed by atoms with Crippen LogP contribution in [0.5, 0.6) is 11.5 Å². The van der Waals surface area contributed by atoms with Gasteiger partial charge in [0.25, 0.3) is 0 Å².